The zero-order chi connectivity index (χ0) is 13.9. The van der Waals surface area contributed by atoms with E-state index in [1.807, 2.05) is 12.1 Å². The van der Waals surface area contributed by atoms with E-state index < -0.39 is 11.4 Å². The van der Waals surface area contributed by atoms with Gasteiger partial charge in [0.25, 0.3) is 0 Å². The lowest BCUT2D eigenvalue weighted by Crippen LogP contribution is -2.36. The molecule has 1 saturated heterocycles. The summed E-state index contributed by atoms with van der Waals surface area (Å²) in [7, 11) is 0. The molecule has 104 valence electrons. The molecule has 1 aliphatic rings. The molecule has 1 fully saturated rings. The van der Waals surface area contributed by atoms with Gasteiger partial charge in [0.15, 0.2) is 0 Å². The molecule has 1 atom stereocenters. The van der Waals surface area contributed by atoms with Crippen LogP contribution < -0.4 is 5.32 Å². The van der Waals surface area contributed by atoms with Crippen molar-refractivity contribution in [2.75, 3.05) is 13.1 Å². The van der Waals surface area contributed by atoms with Crippen molar-refractivity contribution < 1.29 is 9.90 Å². The first-order valence-electron chi connectivity index (χ1n) is 7.11. The number of aliphatic carboxylic acids is 1. The second kappa shape index (κ2) is 5.74. The molecular weight excluding hydrogens is 238 g/mol. The van der Waals surface area contributed by atoms with Gasteiger partial charge in [0, 0.05) is 0 Å². The summed E-state index contributed by atoms with van der Waals surface area (Å²) in [5.41, 5.74) is 1.50. The van der Waals surface area contributed by atoms with E-state index in [1.54, 1.807) is 0 Å². The lowest BCUT2D eigenvalue weighted by Gasteiger charge is -2.28. The van der Waals surface area contributed by atoms with Crippen LogP contribution in [0.2, 0.25) is 0 Å². The Morgan fingerprint density at radius 3 is 2.47 bits per heavy atom. The summed E-state index contributed by atoms with van der Waals surface area (Å²) < 4.78 is 0. The highest BCUT2D eigenvalue weighted by Crippen LogP contribution is 2.35. The van der Waals surface area contributed by atoms with E-state index in [2.05, 4.69) is 31.3 Å². The molecule has 1 aliphatic heterocycles. The van der Waals surface area contributed by atoms with Crippen LogP contribution in [0.15, 0.2) is 24.3 Å². The molecule has 0 aromatic heterocycles. The quantitative estimate of drug-likeness (QED) is 0.879. The minimum Gasteiger partial charge on any atom is -0.481 e. The van der Waals surface area contributed by atoms with Gasteiger partial charge >= 0.3 is 5.97 Å². The van der Waals surface area contributed by atoms with Crippen LogP contribution in [0, 0.1) is 0 Å². The highest BCUT2D eigenvalue weighted by molar-refractivity contribution is 5.81. The number of carboxylic acids is 1. The van der Waals surface area contributed by atoms with Gasteiger partial charge in [-0.25, -0.2) is 0 Å². The Balaban J connectivity index is 2.35. The third-order valence-corrected chi connectivity index (χ3v) is 4.22. The number of hydrogen-bond acceptors (Lipinski definition) is 2. The average Bonchev–Trinajstić information content (AvgIpc) is 2.65. The van der Waals surface area contributed by atoms with Crippen molar-refractivity contribution in [2.24, 2.45) is 0 Å². The Labute approximate surface area is 115 Å². The molecule has 19 heavy (non-hydrogen) atoms. The highest BCUT2D eigenvalue weighted by atomic mass is 16.4. The fraction of sp³-hybridized carbons (Fsp3) is 0.562. The Morgan fingerprint density at radius 2 is 1.89 bits per heavy atom. The zero-order valence-corrected chi connectivity index (χ0v) is 11.8. The van der Waals surface area contributed by atoms with Crippen LogP contribution in [0.4, 0.5) is 0 Å². The number of benzene rings is 1. The molecular formula is C16H23NO2. The Bertz CT molecular complexity index is 429. The lowest BCUT2D eigenvalue weighted by molar-refractivity contribution is -0.144. The summed E-state index contributed by atoms with van der Waals surface area (Å²) in [6, 6.07) is 8.16. The molecule has 1 unspecified atom stereocenters. The fourth-order valence-electron chi connectivity index (χ4n) is 2.88. The first kappa shape index (κ1) is 14.1. The zero-order valence-electron chi connectivity index (χ0n) is 11.8. The Hall–Kier alpha value is -1.35. The van der Waals surface area contributed by atoms with Crippen molar-refractivity contribution in [3.05, 3.63) is 35.4 Å². The summed E-state index contributed by atoms with van der Waals surface area (Å²) in [4.78, 5) is 11.8. The molecule has 3 heteroatoms. The van der Waals surface area contributed by atoms with Crippen LogP contribution in [-0.2, 0) is 10.2 Å². The maximum Gasteiger partial charge on any atom is 0.314 e. The molecule has 0 amide bonds. The monoisotopic (exact) mass is 261 g/mol. The molecule has 1 aromatic rings. The molecule has 0 bridgehead atoms. The van der Waals surface area contributed by atoms with Crippen LogP contribution in [-0.4, -0.2) is 24.2 Å². The van der Waals surface area contributed by atoms with Gasteiger partial charge in [0.05, 0.1) is 5.41 Å². The molecule has 0 radical (unpaired) electrons. The summed E-state index contributed by atoms with van der Waals surface area (Å²) in [6.07, 6.45) is 2.30. The smallest absolute Gasteiger partial charge is 0.314 e. The number of rotatable bonds is 3. The van der Waals surface area contributed by atoms with E-state index >= 15 is 0 Å². The van der Waals surface area contributed by atoms with E-state index in [9.17, 15) is 9.90 Å². The average molecular weight is 261 g/mol. The summed E-state index contributed by atoms with van der Waals surface area (Å²) in [5.74, 6) is -0.209. The predicted octanol–water partition coefficient (Wildman–Crippen LogP) is 2.91. The number of carboxylic acid groups (broad SMARTS) is 1. The highest BCUT2D eigenvalue weighted by Gasteiger charge is 2.40. The van der Waals surface area contributed by atoms with Gasteiger partial charge in [-0.15, -0.1) is 0 Å². The molecule has 2 rings (SSSR count). The van der Waals surface area contributed by atoms with Crippen molar-refractivity contribution in [2.45, 2.75) is 44.4 Å². The third-order valence-electron chi connectivity index (χ3n) is 4.22. The van der Waals surface area contributed by atoms with Gasteiger partial charge < -0.3 is 10.4 Å². The van der Waals surface area contributed by atoms with Gasteiger partial charge in [-0.3, -0.25) is 4.79 Å². The van der Waals surface area contributed by atoms with Gasteiger partial charge in [0.1, 0.15) is 0 Å². The minimum atomic E-state index is -0.709. The van der Waals surface area contributed by atoms with E-state index in [1.165, 1.54) is 5.56 Å². The topological polar surface area (TPSA) is 49.3 Å². The summed E-state index contributed by atoms with van der Waals surface area (Å²) in [6.45, 7) is 5.99. The number of carbonyl (C=O) groups is 1. The van der Waals surface area contributed by atoms with Gasteiger partial charge in [-0.2, -0.15) is 0 Å². The predicted molar refractivity (Wildman–Crippen MR) is 76.6 cm³/mol. The van der Waals surface area contributed by atoms with Gasteiger partial charge in [-0.05, 0) is 49.4 Å². The van der Waals surface area contributed by atoms with E-state index in [4.69, 9.17) is 0 Å². The van der Waals surface area contributed by atoms with Crippen molar-refractivity contribution in [1.82, 2.24) is 5.32 Å². The number of nitrogens with one attached hydrogen (secondary N) is 1. The molecule has 0 spiro atoms. The lowest BCUT2D eigenvalue weighted by atomic mass is 9.74. The van der Waals surface area contributed by atoms with Crippen LogP contribution in [0.1, 0.15) is 50.2 Å². The first-order valence-corrected chi connectivity index (χ1v) is 7.11. The van der Waals surface area contributed by atoms with Crippen LogP contribution in [0.25, 0.3) is 0 Å². The molecule has 0 aliphatic carbocycles. The normalized spacial score (nSPS) is 24.2. The molecule has 1 heterocycles. The first-order chi connectivity index (χ1) is 9.06. The van der Waals surface area contributed by atoms with Crippen molar-refractivity contribution >= 4 is 5.97 Å². The Morgan fingerprint density at radius 1 is 1.21 bits per heavy atom. The standard InChI is InChI=1S/C16H23NO2/c1-12(2)13-4-6-14(7-5-13)16(15(18)19)8-3-10-17-11-9-16/h4-7,12,17H,3,8-11H2,1-2H3,(H,18,19). The second-order valence-electron chi connectivity index (χ2n) is 5.77. The maximum atomic E-state index is 11.8. The SMILES string of the molecule is CC(C)c1ccc(C2(C(=O)O)CCCNCC2)cc1. The molecule has 2 N–H and O–H groups in total. The molecule has 1 aromatic carbocycles. The van der Waals surface area contributed by atoms with E-state index in [0.29, 0.717) is 12.3 Å². The minimum absolute atomic E-state index is 0.477. The fourth-order valence-corrected chi connectivity index (χ4v) is 2.88. The maximum absolute atomic E-state index is 11.8. The van der Waals surface area contributed by atoms with Crippen LogP contribution >= 0.6 is 0 Å². The van der Waals surface area contributed by atoms with E-state index in [-0.39, 0.29) is 0 Å². The van der Waals surface area contributed by atoms with Crippen LogP contribution in [0.3, 0.4) is 0 Å². The van der Waals surface area contributed by atoms with Crippen molar-refractivity contribution in [3.8, 4) is 0 Å². The molecule has 3 nitrogen and oxygen atoms in total. The second-order valence-corrected chi connectivity index (χ2v) is 5.77. The van der Waals surface area contributed by atoms with Gasteiger partial charge in [-0.1, -0.05) is 38.1 Å². The molecule has 0 saturated carbocycles. The van der Waals surface area contributed by atoms with Crippen molar-refractivity contribution in [1.29, 1.82) is 0 Å². The summed E-state index contributed by atoms with van der Waals surface area (Å²) >= 11 is 0. The van der Waals surface area contributed by atoms with Crippen molar-refractivity contribution in [3.63, 3.8) is 0 Å². The largest absolute Gasteiger partial charge is 0.481 e. The number of hydrogen-bond donors (Lipinski definition) is 2. The van der Waals surface area contributed by atoms with Crippen LogP contribution in [0.5, 0.6) is 0 Å². The van der Waals surface area contributed by atoms with E-state index in [0.717, 1.165) is 31.5 Å². The Kier molecular flexibility index (Phi) is 4.25. The third kappa shape index (κ3) is 2.81. The van der Waals surface area contributed by atoms with Gasteiger partial charge in [0.2, 0.25) is 0 Å². The summed E-state index contributed by atoms with van der Waals surface area (Å²) in [5, 5.41) is 13.0.